The number of hydrogen-bond acceptors (Lipinski definition) is 5. The van der Waals surface area contributed by atoms with Gasteiger partial charge in [0, 0.05) is 42.0 Å². The molecular weight excluding hydrogens is 396 g/mol. The Morgan fingerprint density at radius 3 is 2.56 bits per heavy atom. The predicted octanol–water partition coefficient (Wildman–Crippen LogP) is 4.63. The largest absolute Gasteiger partial charge is 0.455 e. The first-order chi connectivity index (χ1) is 15.8. The minimum absolute atomic E-state index is 0.215. The third-order valence-corrected chi connectivity index (χ3v) is 6.79. The van der Waals surface area contributed by atoms with E-state index in [1.165, 1.54) is 33.7 Å². The summed E-state index contributed by atoms with van der Waals surface area (Å²) < 4.78 is 6.27. The first-order valence-electron chi connectivity index (χ1n) is 11.3. The van der Waals surface area contributed by atoms with Crippen molar-refractivity contribution in [2.75, 3.05) is 19.6 Å². The molecule has 0 spiro atoms. The van der Waals surface area contributed by atoms with Gasteiger partial charge in [-0.25, -0.2) is 0 Å². The van der Waals surface area contributed by atoms with Crippen molar-refractivity contribution in [1.82, 2.24) is 20.9 Å². The molecule has 158 valence electrons. The van der Waals surface area contributed by atoms with Crippen LogP contribution in [0, 0.1) is 0 Å². The van der Waals surface area contributed by atoms with Crippen LogP contribution < -0.4 is 16.0 Å². The van der Waals surface area contributed by atoms with Crippen LogP contribution in [0.5, 0.6) is 0 Å². The molecular formula is C27H24N4O. The van der Waals surface area contributed by atoms with Gasteiger partial charge in [0.1, 0.15) is 11.2 Å². The molecule has 0 bridgehead atoms. The van der Waals surface area contributed by atoms with Crippen molar-refractivity contribution in [2.24, 2.45) is 0 Å². The molecule has 0 aliphatic carbocycles. The fourth-order valence-electron chi connectivity index (χ4n) is 5.19. The van der Waals surface area contributed by atoms with Crippen molar-refractivity contribution in [1.29, 1.82) is 0 Å². The Kier molecular flexibility index (Phi) is 3.87. The second-order valence-corrected chi connectivity index (χ2v) is 8.71. The van der Waals surface area contributed by atoms with Crippen molar-refractivity contribution >= 4 is 38.3 Å². The number of para-hydroxylation sites is 1. The molecule has 1 atom stereocenters. The van der Waals surface area contributed by atoms with E-state index >= 15 is 0 Å². The van der Waals surface area contributed by atoms with Crippen molar-refractivity contribution in [3.8, 4) is 0 Å². The van der Waals surface area contributed by atoms with Gasteiger partial charge in [-0.3, -0.25) is 5.32 Å². The molecule has 3 aromatic carbocycles. The van der Waals surface area contributed by atoms with E-state index in [4.69, 9.17) is 4.42 Å². The lowest BCUT2D eigenvalue weighted by molar-refractivity contribution is 0.193. The zero-order valence-corrected chi connectivity index (χ0v) is 17.7. The van der Waals surface area contributed by atoms with Gasteiger partial charge in [-0.2, -0.15) is 0 Å². The molecule has 3 aliphatic rings. The summed E-state index contributed by atoms with van der Waals surface area (Å²) in [6.45, 7) is 2.94. The van der Waals surface area contributed by atoms with Gasteiger partial charge in [0.25, 0.3) is 0 Å². The molecule has 1 saturated heterocycles. The number of benzene rings is 3. The lowest BCUT2D eigenvalue weighted by Crippen LogP contribution is -2.52. The summed E-state index contributed by atoms with van der Waals surface area (Å²) in [5.74, 6) is 0. The highest BCUT2D eigenvalue weighted by atomic mass is 16.3. The minimum atomic E-state index is 0.215. The summed E-state index contributed by atoms with van der Waals surface area (Å²) >= 11 is 0. The fourth-order valence-corrected chi connectivity index (χ4v) is 5.19. The van der Waals surface area contributed by atoms with Crippen LogP contribution in [0.2, 0.25) is 0 Å². The van der Waals surface area contributed by atoms with Crippen LogP contribution in [0.3, 0.4) is 0 Å². The van der Waals surface area contributed by atoms with E-state index < -0.39 is 0 Å². The van der Waals surface area contributed by atoms with Gasteiger partial charge in [-0.05, 0) is 41.2 Å². The van der Waals surface area contributed by atoms with Gasteiger partial charge >= 0.3 is 0 Å². The maximum atomic E-state index is 6.27. The van der Waals surface area contributed by atoms with Crippen LogP contribution in [0.1, 0.15) is 12.0 Å². The average Bonchev–Trinajstić information content (AvgIpc) is 3.45. The third-order valence-electron chi connectivity index (χ3n) is 6.79. The van der Waals surface area contributed by atoms with Gasteiger partial charge in [0.2, 0.25) is 0 Å². The second kappa shape index (κ2) is 6.90. The summed E-state index contributed by atoms with van der Waals surface area (Å²) in [6.07, 6.45) is 8.08. The van der Waals surface area contributed by atoms with Crippen LogP contribution in [-0.2, 0) is 0 Å². The van der Waals surface area contributed by atoms with Crippen molar-refractivity contribution in [3.63, 3.8) is 0 Å². The Morgan fingerprint density at radius 2 is 1.72 bits per heavy atom. The number of fused-ring (bicyclic) bond motifs is 6. The van der Waals surface area contributed by atoms with Gasteiger partial charge in [-0.1, -0.05) is 48.5 Å². The van der Waals surface area contributed by atoms with Crippen LogP contribution >= 0.6 is 0 Å². The lowest BCUT2D eigenvalue weighted by atomic mass is 9.94. The Bertz CT molecular complexity index is 1480. The van der Waals surface area contributed by atoms with Gasteiger partial charge in [0.05, 0.1) is 11.4 Å². The first kappa shape index (κ1) is 17.9. The van der Waals surface area contributed by atoms with E-state index in [0.717, 1.165) is 47.6 Å². The Balaban J connectivity index is 1.34. The maximum absolute atomic E-state index is 6.27. The highest BCUT2D eigenvalue weighted by molar-refractivity contribution is 6.17. The summed E-state index contributed by atoms with van der Waals surface area (Å²) in [4.78, 5) is 2.34. The number of nitrogens with one attached hydrogen (secondary N) is 3. The molecule has 5 heteroatoms. The highest BCUT2D eigenvalue weighted by Gasteiger charge is 2.27. The zero-order valence-electron chi connectivity index (χ0n) is 17.7. The van der Waals surface area contributed by atoms with Crippen LogP contribution in [0.15, 0.2) is 88.8 Å². The third kappa shape index (κ3) is 2.68. The van der Waals surface area contributed by atoms with Gasteiger partial charge < -0.3 is 20.0 Å². The fraction of sp³-hybridized carbons (Fsp3) is 0.185. The summed E-state index contributed by atoms with van der Waals surface area (Å²) in [5, 5.41) is 15.5. The molecule has 1 aromatic heterocycles. The van der Waals surface area contributed by atoms with Crippen molar-refractivity contribution < 1.29 is 4.42 Å². The Morgan fingerprint density at radius 1 is 0.875 bits per heavy atom. The number of hydrogen-bond donors (Lipinski definition) is 3. The average molecular weight is 421 g/mol. The number of nitrogens with zero attached hydrogens (tertiary/aromatic N) is 1. The molecule has 3 aliphatic heterocycles. The summed E-state index contributed by atoms with van der Waals surface area (Å²) in [5.41, 5.74) is 6.74. The monoisotopic (exact) mass is 420 g/mol. The lowest BCUT2D eigenvalue weighted by Gasteiger charge is -2.31. The molecule has 32 heavy (non-hydrogen) atoms. The Hall–Kier alpha value is -3.70. The molecule has 3 N–H and O–H groups in total. The van der Waals surface area contributed by atoms with Gasteiger partial charge in [0.15, 0.2) is 6.29 Å². The zero-order chi connectivity index (χ0) is 21.1. The smallest absolute Gasteiger partial charge is 0.155 e. The van der Waals surface area contributed by atoms with E-state index in [1.807, 2.05) is 12.1 Å². The second-order valence-electron chi connectivity index (χ2n) is 8.71. The molecule has 4 aromatic rings. The van der Waals surface area contributed by atoms with E-state index in [2.05, 4.69) is 81.7 Å². The molecule has 1 unspecified atom stereocenters. The summed E-state index contributed by atoms with van der Waals surface area (Å²) in [6, 6.07) is 19.2. The molecule has 4 heterocycles. The first-order valence-corrected chi connectivity index (χ1v) is 11.3. The maximum Gasteiger partial charge on any atom is 0.155 e. The van der Waals surface area contributed by atoms with E-state index in [1.54, 1.807) is 0 Å². The minimum Gasteiger partial charge on any atom is -0.455 e. The molecule has 0 amide bonds. The number of rotatable bonds is 2. The Labute approximate surface area is 186 Å². The summed E-state index contributed by atoms with van der Waals surface area (Å²) in [7, 11) is 0. The molecule has 0 radical (unpaired) electrons. The number of allylic oxidation sites excluding steroid dienone is 2. The van der Waals surface area contributed by atoms with Crippen molar-refractivity contribution in [3.05, 3.63) is 89.9 Å². The standard InChI is InChI=1S/C27H24N4O/c1-2-8-20-18(6-1)21(14-22-19-7-3-4-9-25(19)32-26(20)22)17-10-11-23(29-15-17)24-16-31-13-5-12-28-27(31)30-24/h1-4,6-11,14,16,27-30H,5,12-13,15H2. The molecule has 7 rings (SSSR count). The van der Waals surface area contributed by atoms with Crippen LogP contribution in [0.25, 0.3) is 38.3 Å². The predicted molar refractivity (Wildman–Crippen MR) is 130 cm³/mol. The van der Waals surface area contributed by atoms with Gasteiger partial charge in [-0.15, -0.1) is 0 Å². The quantitative estimate of drug-likeness (QED) is 0.441. The SMILES string of the molecule is C1=C(C2=CN3CCCNC3N2)NCC(c2cc3c4ccccc4oc3c3ccccc23)=C1. The van der Waals surface area contributed by atoms with Crippen LogP contribution in [-0.4, -0.2) is 30.8 Å². The van der Waals surface area contributed by atoms with E-state index in [9.17, 15) is 0 Å². The van der Waals surface area contributed by atoms with Crippen LogP contribution in [0.4, 0.5) is 0 Å². The number of furan rings is 1. The molecule has 1 fully saturated rings. The normalized spacial score (nSPS) is 20.6. The number of dihydropyridines is 1. The topological polar surface area (TPSA) is 52.5 Å². The van der Waals surface area contributed by atoms with Crippen molar-refractivity contribution in [2.45, 2.75) is 12.7 Å². The molecule has 0 saturated carbocycles. The highest BCUT2D eigenvalue weighted by Crippen LogP contribution is 2.38. The van der Waals surface area contributed by atoms with E-state index in [-0.39, 0.29) is 6.29 Å². The molecule has 5 nitrogen and oxygen atoms in total. The van der Waals surface area contributed by atoms with E-state index in [0.29, 0.717) is 0 Å².